The zero-order chi connectivity index (χ0) is 13.7. The van der Waals surface area contributed by atoms with E-state index >= 15 is 0 Å². The Labute approximate surface area is 117 Å². The van der Waals surface area contributed by atoms with Crippen molar-refractivity contribution in [3.63, 3.8) is 0 Å². The number of rotatable bonds is 6. The highest BCUT2D eigenvalue weighted by Gasteiger charge is 2.27. The van der Waals surface area contributed by atoms with Crippen molar-refractivity contribution in [3.05, 3.63) is 0 Å². The fraction of sp³-hybridized carbons (Fsp3) is 1.00. The van der Waals surface area contributed by atoms with Gasteiger partial charge in [0.05, 0.1) is 11.5 Å². The Kier molecular flexibility index (Phi) is 5.66. The first kappa shape index (κ1) is 15.3. The van der Waals surface area contributed by atoms with Gasteiger partial charge in [-0.3, -0.25) is 4.90 Å². The first-order valence-corrected chi connectivity index (χ1v) is 9.61. The molecule has 0 bridgehead atoms. The van der Waals surface area contributed by atoms with Gasteiger partial charge < -0.3 is 5.32 Å². The highest BCUT2D eigenvalue weighted by Crippen LogP contribution is 2.20. The Morgan fingerprint density at radius 1 is 1.26 bits per heavy atom. The average molecular weight is 288 g/mol. The van der Waals surface area contributed by atoms with Crippen molar-refractivity contribution in [1.29, 1.82) is 0 Å². The normalized spacial score (nSPS) is 31.6. The van der Waals surface area contributed by atoms with Gasteiger partial charge in [-0.25, -0.2) is 8.42 Å². The fourth-order valence-electron chi connectivity index (χ4n) is 3.38. The van der Waals surface area contributed by atoms with Crippen LogP contribution in [0.1, 0.15) is 45.4 Å². The number of likely N-dealkylation sites (tertiary alicyclic amines) is 1. The molecule has 0 radical (unpaired) electrons. The Balaban J connectivity index is 1.69. The van der Waals surface area contributed by atoms with Crippen LogP contribution in [0.25, 0.3) is 0 Å². The van der Waals surface area contributed by atoms with Crippen LogP contribution in [0, 0.1) is 0 Å². The molecule has 2 saturated heterocycles. The van der Waals surface area contributed by atoms with E-state index in [0.29, 0.717) is 11.5 Å². The second-order valence-corrected chi connectivity index (χ2v) is 8.26. The minimum absolute atomic E-state index is 0.194. The molecule has 2 rings (SSSR count). The number of hydrogen-bond donors (Lipinski definition) is 1. The molecular weight excluding hydrogens is 260 g/mol. The van der Waals surface area contributed by atoms with Crippen LogP contribution in [0.3, 0.4) is 0 Å². The van der Waals surface area contributed by atoms with Crippen molar-refractivity contribution < 1.29 is 8.42 Å². The summed E-state index contributed by atoms with van der Waals surface area (Å²) in [6.45, 7) is 5.48. The van der Waals surface area contributed by atoms with Crippen molar-refractivity contribution in [2.45, 2.75) is 57.5 Å². The summed E-state index contributed by atoms with van der Waals surface area (Å²) in [6, 6.07) is 0.951. The third-order valence-corrected chi connectivity index (χ3v) is 6.20. The SMILES string of the molecule is CCCC1CCCCN1CCNC1CCS(=O)(=O)C1. The molecule has 19 heavy (non-hydrogen) atoms. The summed E-state index contributed by atoms with van der Waals surface area (Å²) in [4.78, 5) is 2.60. The standard InChI is InChI=1S/C14H28N2O2S/c1-2-5-14-6-3-4-9-16(14)10-8-15-13-7-11-19(17,18)12-13/h13-15H,2-12H2,1H3. The van der Waals surface area contributed by atoms with Crippen LogP contribution in [0.2, 0.25) is 0 Å². The predicted octanol–water partition coefficient (Wildman–Crippen LogP) is 1.42. The van der Waals surface area contributed by atoms with E-state index < -0.39 is 9.84 Å². The summed E-state index contributed by atoms with van der Waals surface area (Å²) in [7, 11) is -2.75. The van der Waals surface area contributed by atoms with Crippen molar-refractivity contribution in [2.75, 3.05) is 31.1 Å². The van der Waals surface area contributed by atoms with E-state index in [1.165, 1.54) is 38.6 Å². The molecule has 2 atom stereocenters. The van der Waals surface area contributed by atoms with Gasteiger partial charge in [-0.05, 0) is 32.2 Å². The minimum Gasteiger partial charge on any atom is -0.312 e. The fourth-order valence-corrected chi connectivity index (χ4v) is 5.09. The van der Waals surface area contributed by atoms with Crippen molar-refractivity contribution in [3.8, 4) is 0 Å². The summed E-state index contributed by atoms with van der Waals surface area (Å²) in [5.41, 5.74) is 0. The lowest BCUT2D eigenvalue weighted by Crippen LogP contribution is -2.44. The molecule has 0 aromatic rings. The van der Waals surface area contributed by atoms with Gasteiger partial charge in [0.1, 0.15) is 0 Å². The van der Waals surface area contributed by atoms with Gasteiger partial charge in [0, 0.05) is 25.2 Å². The van der Waals surface area contributed by atoms with Crippen LogP contribution < -0.4 is 5.32 Å². The van der Waals surface area contributed by atoms with E-state index in [0.717, 1.165) is 25.6 Å². The van der Waals surface area contributed by atoms with Crippen LogP contribution in [-0.2, 0) is 9.84 Å². The Bertz CT molecular complexity index is 368. The average Bonchev–Trinajstić information content (AvgIpc) is 2.71. The van der Waals surface area contributed by atoms with E-state index in [1.807, 2.05) is 0 Å². The van der Waals surface area contributed by atoms with Crippen molar-refractivity contribution in [1.82, 2.24) is 10.2 Å². The first-order chi connectivity index (χ1) is 9.11. The summed E-state index contributed by atoms with van der Waals surface area (Å²) in [5.74, 6) is 0.707. The van der Waals surface area contributed by atoms with E-state index in [-0.39, 0.29) is 6.04 Å². The maximum atomic E-state index is 11.4. The maximum absolute atomic E-state index is 11.4. The molecule has 2 heterocycles. The number of nitrogens with zero attached hydrogens (tertiary/aromatic N) is 1. The maximum Gasteiger partial charge on any atom is 0.151 e. The molecule has 0 aliphatic carbocycles. The number of hydrogen-bond acceptors (Lipinski definition) is 4. The monoisotopic (exact) mass is 288 g/mol. The molecular formula is C14H28N2O2S. The van der Waals surface area contributed by atoms with E-state index in [1.54, 1.807) is 0 Å². The second-order valence-electron chi connectivity index (χ2n) is 6.03. The lowest BCUT2D eigenvalue weighted by molar-refractivity contribution is 0.139. The molecule has 0 spiro atoms. The third kappa shape index (κ3) is 4.72. The zero-order valence-electron chi connectivity index (χ0n) is 12.1. The molecule has 2 aliphatic heterocycles. The molecule has 0 aromatic heterocycles. The van der Waals surface area contributed by atoms with Crippen LogP contribution in [0.15, 0.2) is 0 Å². The van der Waals surface area contributed by atoms with Crippen LogP contribution >= 0.6 is 0 Å². The van der Waals surface area contributed by atoms with E-state index in [4.69, 9.17) is 0 Å². The van der Waals surface area contributed by atoms with Gasteiger partial charge in [-0.2, -0.15) is 0 Å². The molecule has 1 N–H and O–H groups in total. The van der Waals surface area contributed by atoms with E-state index in [9.17, 15) is 8.42 Å². The first-order valence-electron chi connectivity index (χ1n) is 7.78. The third-order valence-electron chi connectivity index (χ3n) is 4.44. The lowest BCUT2D eigenvalue weighted by Gasteiger charge is -2.36. The predicted molar refractivity (Wildman–Crippen MR) is 79.2 cm³/mol. The van der Waals surface area contributed by atoms with Gasteiger partial charge in [0.15, 0.2) is 9.84 Å². The molecule has 112 valence electrons. The van der Waals surface area contributed by atoms with Crippen LogP contribution in [0.5, 0.6) is 0 Å². The Hall–Kier alpha value is -0.130. The highest BCUT2D eigenvalue weighted by atomic mass is 32.2. The number of nitrogens with one attached hydrogen (secondary N) is 1. The molecule has 0 amide bonds. The largest absolute Gasteiger partial charge is 0.312 e. The molecule has 2 aliphatic rings. The summed E-state index contributed by atoms with van der Waals surface area (Å²) in [5, 5.41) is 3.43. The lowest BCUT2D eigenvalue weighted by atomic mass is 9.98. The molecule has 2 unspecified atom stereocenters. The van der Waals surface area contributed by atoms with E-state index in [2.05, 4.69) is 17.1 Å². The topological polar surface area (TPSA) is 49.4 Å². The van der Waals surface area contributed by atoms with Gasteiger partial charge in [0.25, 0.3) is 0 Å². The number of piperidine rings is 1. The quantitative estimate of drug-likeness (QED) is 0.803. The zero-order valence-corrected chi connectivity index (χ0v) is 12.9. The van der Waals surface area contributed by atoms with Crippen LogP contribution in [-0.4, -0.2) is 56.5 Å². The van der Waals surface area contributed by atoms with Crippen molar-refractivity contribution in [2.24, 2.45) is 0 Å². The summed E-state index contributed by atoms with van der Waals surface area (Å²) < 4.78 is 22.8. The Morgan fingerprint density at radius 3 is 2.79 bits per heavy atom. The molecule has 5 heteroatoms. The van der Waals surface area contributed by atoms with Gasteiger partial charge in [-0.15, -0.1) is 0 Å². The molecule has 0 saturated carbocycles. The second kappa shape index (κ2) is 7.04. The Morgan fingerprint density at radius 2 is 2.11 bits per heavy atom. The number of sulfone groups is 1. The smallest absolute Gasteiger partial charge is 0.151 e. The van der Waals surface area contributed by atoms with Gasteiger partial charge in [0.2, 0.25) is 0 Å². The summed E-state index contributed by atoms with van der Waals surface area (Å²) in [6.07, 6.45) is 7.38. The molecule has 4 nitrogen and oxygen atoms in total. The molecule has 0 aromatic carbocycles. The van der Waals surface area contributed by atoms with Crippen molar-refractivity contribution >= 4 is 9.84 Å². The molecule has 2 fully saturated rings. The highest BCUT2D eigenvalue weighted by molar-refractivity contribution is 7.91. The minimum atomic E-state index is -2.75. The van der Waals surface area contributed by atoms with Gasteiger partial charge >= 0.3 is 0 Å². The van der Waals surface area contributed by atoms with Crippen LogP contribution in [0.4, 0.5) is 0 Å². The summed E-state index contributed by atoms with van der Waals surface area (Å²) >= 11 is 0. The van der Waals surface area contributed by atoms with Gasteiger partial charge in [-0.1, -0.05) is 19.8 Å².